The van der Waals surface area contributed by atoms with Crippen LogP contribution in [0.1, 0.15) is 65.2 Å². The lowest BCUT2D eigenvalue weighted by Crippen LogP contribution is -2.42. The number of ether oxygens (including phenoxy) is 2. The smallest absolute Gasteiger partial charge is 0.410 e. The number of hydrogen-bond donors (Lipinski definition) is 0. The minimum atomic E-state index is -0.431. The maximum absolute atomic E-state index is 12.2. The van der Waals surface area contributed by atoms with Gasteiger partial charge in [0.15, 0.2) is 0 Å². The van der Waals surface area contributed by atoms with Gasteiger partial charge < -0.3 is 18.8 Å². The summed E-state index contributed by atoms with van der Waals surface area (Å²) in [6.07, 6.45) is 5.77. The van der Waals surface area contributed by atoms with Gasteiger partial charge in [-0.3, -0.25) is 0 Å². The average Bonchev–Trinajstić information content (AvgIpc) is 3.04. The fraction of sp³-hybridized carbons (Fsp3) is 0.737. The zero-order chi connectivity index (χ0) is 17.6. The molecule has 5 nitrogen and oxygen atoms in total. The largest absolute Gasteiger partial charge is 0.467 e. The second-order valence-corrected chi connectivity index (χ2v) is 7.61. The number of carbonyl (C=O) groups is 1. The summed E-state index contributed by atoms with van der Waals surface area (Å²) in [4.78, 5) is 14.0. The molecule has 1 amide bonds. The second-order valence-electron chi connectivity index (χ2n) is 7.61. The minimum absolute atomic E-state index is 0.00961. The van der Waals surface area contributed by atoms with E-state index in [1.807, 2.05) is 44.7 Å². The first-order chi connectivity index (χ1) is 11.3. The number of furan rings is 1. The molecule has 0 N–H and O–H groups in total. The fourth-order valence-corrected chi connectivity index (χ4v) is 3.03. The first-order valence-corrected chi connectivity index (χ1v) is 8.98. The maximum Gasteiger partial charge on any atom is 0.410 e. The van der Waals surface area contributed by atoms with Gasteiger partial charge in [-0.05, 0) is 71.4 Å². The molecule has 0 saturated carbocycles. The van der Waals surface area contributed by atoms with Crippen LogP contribution in [0.15, 0.2) is 22.8 Å². The Bertz CT molecular complexity index is 492. The molecule has 2 rings (SSSR count). The SMILES string of the molecule is C[C@@H](OCCC[C@@H]1CCCN(C(=O)OC(C)(C)C)C1)c1ccco1. The molecule has 0 radical (unpaired) electrons. The van der Waals surface area contributed by atoms with E-state index >= 15 is 0 Å². The van der Waals surface area contributed by atoms with Gasteiger partial charge >= 0.3 is 6.09 Å². The van der Waals surface area contributed by atoms with Crippen molar-refractivity contribution < 1.29 is 18.7 Å². The van der Waals surface area contributed by atoms with Crippen LogP contribution >= 0.6 is 0 Å². The molecule has 2 atom stereocenters. The fourth-order valence-electron chi connectivity index (χ4n) is 3.03. The van der Waals surface area contributed by atoms with Crippen LogP contribution in [-0.4, -0.2) is 36.3 Å². The standard InChI is InChI=1S/C19H31NO4/c1-15(17-10-7-13-23-17)22-12-6-9-16-8-5-11-20(14-16)18(21)24-19(2,3)4/h7,10,13,15-16H,5-6,8-9,11-12,14H2,1-4H3/t15-,16+/m1/s1. The molecule has 136 valence electrons. The Balaban J connectivity index is 1.66. The second kappa shape index (κ2) is 8.56. The lowest BCUT2D eigenvalue weighted by atomic mass is 9.94. The molecule has 1 fully saturated rings. The van der Waals surface area contributed by atoms with E-state index < -0.39 is 5.60 Å². The van der Waals surface area contributed by atoms with Crippen molar-refractivity contribution in [2.75, 3.05) is 19.7 Å². The van der Waals surface area contributed by atoms with Gasteiger partial charge in [0.25, 0.3) is 0 Å². The highest BCUT2D eigenvalue weighted by molar-refractivity contribution is 5.68. The van der Waals surface area contributed by atoms with E-state index in [1.54, 1.807) is 6.26 Å². The highest BCUT2D eigenvalue weighted by Crippen LogP contribution is 2.24. The predicted molar refractivity (Wildman–Crippen MR) is 92.8 cm³/mol. The Morgan fingerprint density at radius 2 is 2.25 bits per heavy atom. The molecule has 0 aliphatic carbocycles. The Morgan fingerprint density at radius 1 is 1.46 bits per heavy atom. The Hall–Kier alpha value is -1.49. The summed E-state index contributed by atoms with van der Waals surface area (Å²) >= 11 is 0. The van der Waals surface area contributed by atoms with E-state index in [0.29, 0.717) is 12.5 Å². The van der Waals surface area contributed by atoms with Crippen LogP contribution in [0, 0.1) is 5.92 Å². The Labute approximate surface area is 145 Å². The molecule has 1 aromatic rings. The van der Waals surface area contributed by atoms with Crippen LogP contribution in [0.3, 0.4) is 0 Å². The van der Waals surface area contributed by atoms with Gasteiger partial charge in [-0.2, -0.15) is 0 Å². The summed E-state index contributed by atoms with van der Waals surface area (Å²) in [5, 5.41) is 0. The van der Waals surface area contributed by atoms with E-state index in [-0.39, 0.29) is 12.2 Å². The minimum Gasteiger partial charge on any atom is -0.467 e. The summed E-state index contributed by atoms with van der Waals surface area (Å²) in [6, 6.07) is 3.81. The number of piperidine rings is 1. The highest BCUT2D eigenvalue weighted by Gasteiger charge is 2.27. The maximum atomic E-state index is 12.2. The summed E-state index contributed by atoms with van der Waals surface area (Å²) in [7, 11) is 0. The van der Waals surface area contributed by atoms with Crippen molar-refractivity contribution in [3.63, 3.8) is 0 Å². The molecule has 1 saturated heterocycles. The van der Waals surface area contributed by atoms with Crippen molar-refractivity contribution in [3.05, 3.63) is 24.2 Å². The monoisotopic (exact) mass is 337 g/mol. The Kier molecular flexibility index (Phi) is 6.72. The third kappa shape index (κ3) is 6.19. The third-order valence-electron chi connectivity index (χ3n) is 4.24. The zero-order valence-corrected chi connectivity index (χ0v) is 15.4. The van der Waals surface area contributed by atoms with E-state index in [2.05, 4.69) is 0 Å². The molecule has 0 unspecified atom stereocenters. The number of hydrogen-bond acceptors (Lipinski definition) is 4. The van der Waals surface area contributed by atoms with Crippen LogP contribution < -0.4 is 0 Å². The van der Waals surface area contributed by atoms with Gasteiger partial charge in [0.05, 0.1) is 6.26 Å². The molecule has 1 aliphatic heterocycles. The molecular formula is C19H31NO4. The highest BCUT2D eigenvalue weighted by atomic mass is 16.6. The van der Waals surface area contributed by atoms with Crippen molar-refractivity contribution in [2.24, 2.45) is 5.92 Å². The predicted octanol–water partition coefficient (Wildman–Crippen LogP) is 4.78. The molecule has 0 aromatic carbocycles. The summed E-state index contributed by atoms with van der Waals surface area (Å²) in [6.45, 7) is 10.0. The van der Waals surface area contributed by atoms with E-state index in [9.17, 15) is 4.79 Å². The topological polar surface area (TPSA) is 51.9 Å². The van der Waals surface area contributed by atoms with E-state index in [4.69, 9.17) is 13.9 Å². The van der Waals surface area contributed by atoms with Gasteiger partial charge in [0.1, 0.15) is 17.5 Å². The van der Waals surface area contributed by atoms with Gasteiger partial charge in [-0.25, -0.2) is 4.79 Å². The zero-order valence-electron chi connectivity index (χ0n) is 15.4. The number of nitrogens with zero attached hydrogens (tertiary/aromatic N) is 1. The van der Waals surface area contributed by atoms with Crippen molar-refractivity contribution in [1.82, 2.24) is 4.90 Å². The molecule has 0 spiro atoms. The third-order valence-corrected chi connectivity index (χ3v) is 4.24. The number of rotatable bonds is 6. The van der Waals surface area contributed by atoms with Crippen LogP contribution in [-0.2, 0) is 9.47 Å². The summed E-state index contributed by atoms with van der Waals surface area (Å²) in [5.74, 6) is 1.40. The lowest BCUT2D eigenvalue weighted by Gasteiger charge is -2.34. The number of amides is 1. The van der Waals surface area contributed by atoms with Crippen molar-refractivity contribution in [1.29, 1.82) is 0 Å². The van der Waals surface area contributed by atoms with E-state index in [0.717, 1.165) is 38.1 Å². The summed E-state index contributed by atoms with van der Waals surface area (Å²) < 4.78 is 16.6. The first kappa shape index (κ1) is 18.8. The average molecular weight is 337 g/mol. The van der Waals surface area contributed by atoms with Crippen molar-refractivity contribution in [3.8, 4) is 0 Å². The molecule has 1 aliphatic rings. The first-order valence-electron chi connectivity index (χ1n) is 8.98. The Morgan fingerprint density at radius 3 is 2.92 bits per heavy atom. The molecule has 2 heterocycles. The van der Waals surface area contributed by atoms with Crippen LogP contribution in [0.25, 0.3) is 0 Å². The van der Waals surface area contributed by atoms with Crippen molar-refractivity contribution >= 4 is 6.09 Å². The lowest BCUT2D eigenvalue weighted by molar-refractivity contribution is 0.0143. The van der Waals surface area contributed by atoms with Crippen LogP contribution in [0.5, 0.6) is 0 Å². The van der Waals surface area contributed by atoms with Crippen LogP contribution in [0.4, 0.5) is 4.79 Å². The number of carbonyl (C=O) groups excluding carboxylic acids is 1. The normalized spacial score (nSPS) is 20.0. The van der Waals surface area contributed by atoms with Gasteiger partial charge in [-0.15, -0.1) is 0 Å². The summed E-state index contributed by atoms with van der Waals surface area (Å²) in [5.41, 5.74) is -0.431. The quantitative estimate of drug-likeness (QED) is 0.701. The molecule has 1 aromatic heterocycles. The van der Waals surface area contributed by atoms with Gasteiger partial charge in [0, 0.05) is 19.7 Å². The van der Waals surface area contributed by atoms with Crippen LogP contribution in [0.2, 0.25) is 0 Å². The molecule has 0 bridgehead atoms. The van der Waals surface area contributed by atoms with Crippen molar-refractivity contribution in [2.45, 2.75) is 65.1 Å². The molecule has 24 heavy (non-hydrogen) atoms. The number of likely N-dealkylation sites (tertiary alicyclic amines) is 1. The molecule has 5 heteroatoms. The van der Waals surface area contributed by atoms with Gasteiger partial charge in [0.2, 0.25) is 0 Å². The van der Waals surface area contributed by atoms with E-state index in [1.165, 1.54) is 6.42 Å². The van der Waals surface area contributed by atoms with Gasteiger partial charge in [-0.1, -0.05) is 0 Å². The molecular weight excluding hydrogens is 306 g/mol.